The summed E-state index contributed by atoms with van der Waals surface area (Å²) in [6.07, 6.45) is 7.71. The van der Waals surface area contributed by atoms with E-state index in [1.807, 2.05) is 4.57 Å². The Kier molecular flexibility index (Phi) is 5.77. The van der Waals surface area contributed by atoms with Gasteiger partial charge >= 0.3 is 0 Å². The van der Waals surface area contributed by atoms with Crippen molar-refractivity contribution in [1.29, 1.82) is 5.26 Å². The van der Waals surface area contributed by atoms with Crippen molar-refractivity contribution in [1.82, 2.24) is 19.3 Å². The zero-order chi connectivity index (χ0) is 22.2. The smallest absolute Gasteiger partial charge is 0.243 e. The number of fused-ring (bicyclic) bond motifs is 1. The molecule has 31 heavy (non-hydrogen) atoms. The summed E-state index contributed by atoms with van der Waals surface area (Å²) in [4.78, 5) is 8.57. The fourth-order valence-corrected chi connectivity index (χ4v) is 5.43. The van der Waals surface area contributed by atoms with Gasteiger partial charge in [-0.25, -0.2) is 27.5 Å². The zero-order valence-corrected chi connectivity index (χ0v) is 18.3. The minimum absolute atomic E-state index is 0.0465. The first-order valence-electron chi connectivity index (χ1n) is 10.4. The third-order valence-corrected chi connectivity index (χ3v) is 7.17. The summed E-state index contributed by atoms with van der Waals surface area (Å²) in [5.74, 6) is -0.166. The summed E-state index contributed by atoms with van der Waals surface area (Å²) in [5.41, 5.74) is 1.58. The summed E-state index contributed by atoms with van der Waals surface area (Å²) in [5, 5.41) is 10.4. The lowest BCUT2D eigenvalue weighted by Gasteiger charge is -2.26. The Bertz CT molecular complexity index is 1250. The van der Waals surface area contributed by atoms with Crippen LogP contribution in [0, 0.1) is 17.1 Å². The molecule has 0 atom stereocenters. The van der Waals surface area contributed by atoms with Crippen molar-refractivity contribution in [3.8, 4) is 17.6 Å². The van der Waals surface area contributed by atoms with E-state index in [0.717, 1.165) is 37.6 Å². The molecule has 9 heteroatoms. The van der Waals surface area contributed by atoms with Gasteiger partial charge in [-0.15, -0.1) is 0 Å². The third kappa shape index (κ3) is 4.05. The maximum Gasteiger partial charge on any atom is 0.243 e. The molecule has 162 valence electrons. The van der Waals surface area contributed by atoms with Crippen molar-refractivity contribution < 1.29 is 12.8 Å². The minimum atomic E-state index is -3.73. The van der Waals surface area contributed by atoms with Crippen molar-refractivity contribution in [2.45, 2.75) is 62.9 Å². The van der Waals surface area contributed by atoms with Crippen LogP contribution in [0.15, 0.2) is 35.5 Å². The zero-order valence-electron chi connectivity index (χ0n) is 17.5. The van der Waals surface area contributed by atoms with E-state index < -0.39 is 15.8 Å². The fraction of sp³-hybridized carbons (Fsp3) is 0.409. The number of sulfonamides is 1. The normalized spacial score (nSPS) is 15.5. The summed E-state index contributed by atoms with van der Waals surface area (Å²) in [6.45, 7) is 3.46. The van der Waals surface area contributed by atoms with Crippen LogP contribution in [0.3, 0.4) is 0 Å². The predicted octanol–water partition coefficient (Wildman–Crippen LogP) is 4.30. The maximum atomic E-state index is 14.0. The molecule has 0 spiro atoms. The van der Waals surface area contributed by atoms with Crippen LogP contribution in [0.4, 0.5) is 4.39 Å². The average Bonchev–Trinajstić information content (AvgIpc) is 3.07. The molecule has 7 nitrogen and oxygen atoms in total. The SMILES string of the molecule is CC(C)NS(=O)(=O)c1cnc(-c2c(C#N)c3cc(F)ccc3n2C2CCCCC2)nc1. The maximum absolute atomic E-state index is 14.0. The van der Waals surface area contributed by atoms with Gasteiger partial charge < -0.3 is 4.57 Å². The molecule has 0 aliphatic heterocycles. The van der Waals surface area contributed by atoms with Crippen LogP contribution in [0.2, 0.25) is 0 Å². The molecule has 1 aromatic carbocycles. The topological polar surface area (TPSA) is 101 Å². The number of hydrogen-bond acceptors (Lipinski definition) is 5. The molecule has 3 aromatic rings. The first-order valence-corrected chi connectivity index (χ1v) is 11.9. The Morgan fingerprint density at radius 2 is 1.87 bits per heavy atom. The summed E-state index contributed by atoms with van der Waals surface area (Å²) < 4.78 is 43.4. The van der Waals surface area contributed by atoms with E-state index in [-0.39, 0.29) is 22.8 Å². The highest BCUT2D eigenvalue weighted by Crippen LogP contribution is 2.39. The molecule has 0 saturated heterocycles. The van der Waals surface area contributed by atoms with Gasteiger partial charge in [0.2, 0.25) is 10.0 Å². The lowest BCUT2D eigenvalue weighted by atomic mass is 9.95. The molecule has 2 heterocycles. The van der Waals surface area contributed by atoms with Crippen molar-refractivity contribution in [2.75, 3.05) is 0 Å². The Labute approximate surface area is 181 Å². The van der Waals surface area contributed by atoms with Gasteiger partial charge in [0.1, 0.15) is 22.5 Å². The molecule has 1 N–H and O–H groups in total. The van der Waals surface area contributed by atoms with E-state index in [1.54, 1.807) is 19.9 Å². The number of halogens is 1. The molecule has 2 aromatic heterocycles. The lowest BCUT2D eigenvalue weighted by molar-refractivity contribution is 0.362. The predicted molar refractivity (Wildman–Crippen MR) is 115 cm³/mol. The van der Waals surface area contributed by atoms with Gasteiger partial charge in [0.15, 0.2) is 5.82 Å². The highest BCUT2D eigenvalue weighted by Gasteiger charge is 2.27. The Balaban J connectivity index is 1.89. The van der Waals surface area contributed by atoms with Crippen molar-refractivity contribution in [2.24, 2.45) is 0 Å². The molecule has 0 radical (unpaired) electrons. The summed E-state index contributed by atoms with van der Waals surface area (Å²) >= 11 is 0. The van der Waals surface area contributed by atoms with Gasteiger partial charge in [0.25, 0.3) is 0 Å². The van der Waals surface area contributed by atoms with Gasteiger partial charge in [-0.2, -0.15) is 5.26 Å². The molecule has 1 aliphatic rings. The van der Waals surface area contributed by atoms with Gasteiger partial charge in [-0.1, -0.05) is 19.3 Å². The van der Waals surface area contributed by atoms with Gasteiger partial charge in [-0.3, -0.25) is 0 Å². The number of nitrogens with zero attached hydrogens (tertiary/aromatic N) is 4. The third-order valence-electron chi connectivity index (χ3n) is 5.56. The first kappa shape index (κ1) is 21.4. The van der Waals surface area contributed by atoms with Crippen molar-refractivity contribution in [3.05, 3.63) is 42.0 Å². The Hall–Kier alpha value is -2.83. The first-order chi connectivity index (χ1) is 14.8. The number of nitrogens with one attached hydrogen (secondary N) is 1. The van der Waals surface area contributed by atoms with Crippen LogP contribution in [0.25, 0.3) is 22.4 Å². The molecular weight excluding hydrogens is 417 g/mol. The Morgan fingerprint density at radius 1 is 1.19 bits per heavy atom. The fourth-order valence-electron chi connectivity index (χ4n) is 4.29. The van der Waals surface area contributed by atoms with Gasteiger partial charge in [-0.05, 0) is 44.9 Å². The number of rotatable bonds is 5. The summed E-state index contributed by atoms with van der Waals surface area (Å²) in [6, 6.07) is 6.52. The number of hydrogen-bond donors (Lipinski definition) is 1. The van der Waals surface area contributed by atoms with Crippen LogP contribution in [0.1, 0.15) is 57.6 Å². The molecule has 1 fully saturated rings. The number of aromatic nitrogens is 3. The number of nitriles is 1. The minimum Gasteiger partial charge on any atom is -0.334 e. The highest BCUT2D eigenvalue weighted by atomic mass is 32.2. The van der Waals surface area contributed by atoms with Crippen molar-refractivity contribution in [3.63, 3.8) is 0 Å². The van der Waals surface area contributed by atoms with Gasteiger partial charge in [0, 0.05) is 17.5 Å². The van der Waals surface area contributed by atoms with E-state index in [9.17, 15) is 18.1 Å². The van der Waals surface area contributed by atoms with Gasteiger partial charge in [0.05, 0.1) is 23.5 Å². The lowest BCUT2D eigenvalue weighted by Crippen LogP contribution is -2.30. The van der Waals surface area contributed by atoms with E-state index in [1.165, 1.54) is 24.5 Å². The van der Waals surface area contributed by atoms with Crippen LogP contribution in [0.5, 0.6) is 0 Å². The molecule has 0 unspecified atom stereocenters. The van der Waals surface area contributed by atoms with E-state index in [4.69, 9.17) is 0 Å². The molecular formula is C22H24FN5O2S. The van der Waals surface area contributed by atoms with Crippen LogP contribution >= 0.6 is 0 Å². The van der Waals surface area contributed by atoms with Crippen LogP contribution in [-0.4, -0.2) is 29.0 Å². The molecule has 1 saturated carbocycles. The summed E-state index contributed by atoms with van der Waals surface area (Å²) in [7, 11) is -3.73. The van der Waals surface area contributed by atoms with Crippen LogP contribution < -0.4 is 4.72 Å². The standard InChI is InChI=1S/C22H24FN5O2S/c1-14(2)27-31(29,30)17-12-25-22(26-13-17)21-19(11-24)18-10-15(23)8-9-20(18)28(21)16-6-4-3-5-7-16/h8-10,12-14,16,27H,3-7H2,1-2H3. The van der Waals surface area contributed by atoms with Crippen molar-refractivity contribution >= 4 is 20.9 Å². The largest absolute Gasteiger partial charge is 0.334 e. The average molecular weight is 442 g/mol. The molecule has 0 amide bonds. The molecule has 0 bridgehead atoms. The second-order valence-electron chi connectivity index (χ2n) is 8.18. The van der Waals surface area contributed by atoms with E-state index in [0.29, 0.717) is 16.6 Å². The Morgan fingerprint density at radius 3 is 2.48 bits per heavy atom. The molecule has 1 aliphatic carbocycles. The number of benzene rings is 1. The molecule has 4 rings (SSSR count). The second kappa shape index (κ2) is 8.36. The van der Waals surface area contributed by atoms with Crippen LogP contribution in [-0.2, 0) is 10.0 Å². The quantitative estimate of drug-likeness (QED) is 0.636. The second-order valence-corrected chi connectivity index (χ2v) is 9.89. The van der Waals surface area contributed by atoms with E-state index >= 15 is 0 Å². The highest BCUT2D eigenvalue weighted by molar-refractivity contribution is 7.89. The van der Waals surface area contributed by atoms with E-state index in [2.05, 4.69) is 20.8 Å². The monoisotopic (exact) mass is 441 g/mol.